The zero-order valence-electron chi connectivity index (χ0n) is 14.1. The molecule has 0 saturated carbocycles. The van der Waals surface area contributed by atoms with Crippen molar-refractivity contribution < 1.29 is 9.21 Å². The van der Waals surface area contributed by atoms with Crippen molar-refractivity contribution in [3.05, 3.63) is 54.0 Å². The van der Waals surface area contributed by atoms with Crippen molar-refractivity contribution in [3.63, 3.8) is 0 Å². The molecule has 0 radical (unpaired) electrons. The van der Waals surface area contributed by atoms with Crippen LogP contribution in [0.25, 0.3) is 0 Å². The van der Waals surface area contributed by atoms with Gasteiger partial charge >= 0.3 is 0 Å². The zero-order valence-corrected chi connectivity index (χ0v) is 14.1. The Balaban J connectivity index is 1.72. The van der Waals surface area contributed by atoms with Crippen LogP contribution in [0.3, 0.4) is 0 Å². The number of hydrogen-bond acceptors (Lipinski definition) is 3. The third-order valence-electron chi connectivity index (χ3n) is 4.35. The van der Waals surface area contributed by atoms with E-state index in [-0.39, 0.29) is 11.3 Å². The minimum absolute atomic E-state index is 0.0150. The summed E-state index contributed by atoms with van der Waals surface area (Å²) in [7, 11) is 0. The number of carbonyl (C=O) groups is 1. The Morgan fingerprint density at radius 2 is 1.70 bits per heavy atom. The number of hydrogen-bond donors (Lipinski definition) is 0. The van der Waals surface area contributed by atoms with E-state index in [0.717, 1.165) is 26.2 Å². The summed E-state index contributed by atoms with van der Waals surface area (Å²) in [4.78, 5) is 16.6. The summed E-state index contributed by atoms with van der Waals surface area (Å²) >= 11 is 0. The molecule has 23 heavy (non-hydrogen) atoms. The molecule has 0 spiro atoms. The Morgan fingerprint density at radius 3 is 2.30 bits per heavy atom. The number of carbonyl (C=O) groups excluding carboxylic acids is 1. The lowest BCUT2D eigenvalue weighted by Gasteiger charge is -2.38. The molecule has 1 fully saturated rings. The van der Waals surface area contributed by atoms with Gasteiger partial charge in [0.15, 0.2) is 5.76 Å². The van der Waals surface area contributed by atoms with Gasteiger partial charge in [0.2, 0.25) is 0 Å². The van der Waals surface area contributed by atoms with Gasteiger partial charge in [0.25, 0.3) is 5.91 Å². The molecule has 1 saturated heterocycles. The fourth-order valence-corrected chi connectivity index (χ4v) is 3.09. The van der Waals surface area contributed by atoms with Gasteiger partial charge < -0.3 is 14.2 Å². The van der Waals surface area contributed by atoms with Gasteiger partial charge in [-0.25, -0.2) is 0 Å². The van der Waals surface area contributed by atoms with Crippen LogP contribution in [-0.2, 0) is 5.41 Å². The lowest BCUT2D eigenvalue weighted by molar-refractivity contribution is 0.0714. The summed E-state index contributed by atoms with van der Waals surface area (Å²) in [5.41, 5.74) is 2.74. The van der Waals surface area contributed by atoms with Crippen LogP contribution in [0.2, 0.25) is 0 Å². The first-order chi connectivity index (χ1) is 11.0. The van der Waals surface area contributed by atoms with Gasteiger partial charge in [-0.1, -0.05) is 39.0 Å². The van der Waals surface area contributed by atoms with E-state index in [1.54, 1.807) is 18.4 Å². The molecule has 4 nitrogen and oxygen atoms in total. The van der Waals surface area contributed by atoms with E-state index in [4.69, 9.17) is 4.42 Å². The van der Waals surface area contributed by atoms with Crippen molar-refractivity contribution in [2.24, 2.45) is 0 Å². The summed E-state index contributed by atoms with van der Waals surface area (Å²) in [6.07, 6.45) is 1.54. The fourth-order valence-electron chi connectivity index (χ4n) is 3.09. The first-order valence-electron chi connectivity index (χ1n) is 8.14. The molecular formula is C19H24N2O2. The highest BCUT2D eigenvalue weighted by Gasteiger charge is 2.26. The van der Waals surface area contributed by atoms with Crippen molar-refractivity contribution in [1.29, 1.82) is 0 Å². The standard InChI is InChI=1S/C19H24N2O2/c1-19(2,3)15-7-4-5-8-16(15)20-10-12-21(13-11-20)18(22)17-9-6-14-23-17/h4-9,14H,10-13H2,1-3H3. The zero-order chi connectivity index (χ0) is 16.4. The van der Waals surface area contributed by atoms with E-state index in [2.05, 4.69) is 49.9 Å². The molecule has 1 aliphatic heterocycles. The Morgan fingerprint density at radius 1 is 1.00 bits per heavy atom. The van der Waals surface area contributed by atoms with E-state index in [0.29, 0.717) is 5.76 Å². The molecule has 1 aliphatic rings. The summed E-state index contributed by atoms with van der Waals surface area (Å²) in [5.74, 6) is 0.410. The SMILES string of the molecule is CC(C)(C)c1ccccc1N1CCN(C(=O)c2ccco2)CC1. The summed E-state index contributed by atoms with van der Waals surface area (Å²) < 4.78 is 5.22. The number of para-hydroxylation sites is 1. The van der Waals surface area contributed by atoms with E-state index >= 15 is 0 Å². The number of piperazine rings is 1. The van der Waals surface area contributed by atoms with Crippen molar-refractivity contribution in [2.75, 3.05) is 31.1 Å². The van der Waals surface area contributed by atoms with E-state index in [1.165, 1.54) is 11.3 Å². The second-order valence-corrected chi connectivity index (χ2v) is 7.02. The van der Waals surface area contributed by atoms with Crippen LogP contribution in [0, 0.1) is 0 Å². The van der Waals surface area contributed by atoms with Crippen LogP contribution in [0.15, 0.2) is 47.1 Å². The van der Waals surface area contributed by atoms with Gasteiger partial charge in [-0.05, 0) is 29.2 Å². The normalized spacial score (nSPS) is 15.8. The number of nitrogens with zero attached hydrogens (tertiary/aromatic N) is 2. The minimum Gasteiger partial charge on any atom is -0.459 e. The Bertz CT molecular complexity index is 663. The molecule has 4 heteroatoms. The fraction of sp³-hybridized carbons (Fsp3) is 0.421. The van der Waals surface area contributed by atoms with E-state index in [9.17, 15) is 4.79 Å². The van der Waals surface area contributed by atoms with Gasteiger partial charge in [0.05, 0.1) is 6.26 Å². The van der Waals surface area contributed by atoms with Gasteiger partial charge in [0.1, 0.15) is 0 Å². The van der Waals surface area contributed by atoms with Crippen molar-refractivity contribution in [2.45, 2.75) is 26.2 Å². The lowest BCUT2D eigenvalue weighted by Crippen LogP contribution is -2.49. The van der Waals surface area contributed by atoms with Gasteiger partial charge in [-0.2, -0.15) is 0 Å². The summed E-state index contributed by atoms with van der Waals surface area (Å²) in [5, 5.41) is 0. The number of furan rings is 1. The highest BCUT2D eigenvalue weighted by Crippen LogP contribution is 2.32. The van der Waals surface area contributed by atoms with Crippen LogP contribution in [0.1, 0.15) is 36.9 Å². The largest absolute Gasteiger partial charge is 0.459 e. The Labute approximate surface area is 137 Å². The Kier molecular flexibility index (Phi) is 4.16. The average Bonchev–Trinajstić information content (AvgIpc) is 3.08. The molecule has 2 aromatic rings. The molecule has 3 rings (SSSR count). The average molecular weight is 312 g/mol. The third-order valence-corrected chi connectivity index (χ3v) is 4.35. The molecule has 1 aromatic carbocycles. The smallest absolute Gasteiger partial charge is 0.289 e. The second kappa shape index (κ2) is 6.11. The quantitative estimate of drug-likeness (QED) is 0.851. The molecule has 1 amide bonds. The molecule has 0 N–H and O–H groups in total. The number of amides is 1. The first kappa shape index (κ1) is 15.7. The number of anilines is 1. The number of benzene rings is 1. The highest BCUT2D eigenvalue weighted by atomic mass is 16.3. The number of rotatable bonds is 2. The summed E-state index contributed by atoms with van der Waals surface area (Å²) in [6, 6.07) is 12.1. The molecule has 1 aromatic heterocycles. The molecule has 122 valence electrons. The van der Waals surface area contributed by atoms with Crippen LogP contribution in [-0.4, -0.2) is 37.0 Å². The maximum Gasteiger partial charge on any atom is 0.289 e. The lowest BCUT2D eigenvalue weighted by atomic mass is 9.85. The van der Waals surface area contributed by atoms with Crippen molar-refractivity contribution in [3.8, 4) is 0 Å². The van der Waals surface area contributed by atoms with Crippen LogP contribution < -0.4 is 4.90 Å². The van der Waals surface area contributed by atoms with Crippen molar-refractivity contribution >= 4 is 11.6 Å². The highest BCUT2D eigenvalue weighted by molar-refractivity contribution is 5.91. The molecular weight excluding hydrogens is 288 g/mol. The monoisotopic (exact) mass is 312 g/mol. The predicted octanol–water partition coefficient (Wildman–Crippen LogP) is 3.54. The van der Waals surface area contributed by atoms with Crippen LogP contribution in [0.4, 0.5) is 5.69 Å². The van der Waals surface area contributed by atoms with Crippen LogP contribution in [0.5, 0.6) is 0 Å². The molecule has 0 bridgehead atoms. The first-order valence-corrected chi connectivity index (χ1v) is 8.14. The van der Waals surface area contributed by atoms with Crippen LogP contribution >= 0.6 is 0 Å². The van der Waals surface area contributed by atoms with Gasteiger partial charge in [-0.3, -0.25) is 4.79 Å². The maximum absolute atomic E-state index is 12.3. The third kappa shape index (κ3) is 3.26. The van der Waals surface area contributed by atoms with Gasteiger partial charge in [-0.15, -0.1) is 0 Å². The van der Waals surface area contributed by atoms with Crippen molar-refractivity contribution in [1.82, 2.24) is 4.90 Å². The minimum atomic E-state index is -0.0150. The second-order valence-electron chi connectivity index (χ2n) is 7.02. The maximum atomic E-state index is 12.3. The Hall–Kier alpha value is -2.23. The van der Waals surface area contributed by atoms with Gasteiger partial charge in [0, 0.05) is 31.9 Å². The predicted molar refractivity (Wildman–Crippen MR) is 92.0 cm³/mol. The molecule has 0 aliphatic carbocycles. The summed E-state index contributed by atoms with van der Waals surface area (Å²) in [6.45, 7) is 9.85. The molecule has 2 heterocycles. The molecule has 0 atom stereocenters. The van der Waals surface area contributed by atoms with E-state index in [1.807, 2.05) is 4.90 Å². The topological polar surface area (TPSA) is 36.7 Å². The molecule has 0 unspecified atom stereocenters. The van der Waals surface area contributed by atoms with E-state index < -0.39 is 0 Å².